The van der Waals surface area contributed by atoms with Gasteiger partial charge in [0.25, 0.3) is 0 Å². The third-order valence-electron chi connectivity index (χ3n) is 4.40. The van der Waals surface area contributed by atoms with E-state index in [9.17, 15) is 21.6 Å². The van der Waals surface area contributed by atoms with Crippen molar-refractivity contribution in [1.82, 2.24) is 0 Å². The average Bonchev–Trinajstić information content (AvgIpc) is 2.53. The third kappa shape index (κ3) is 3.36. The molecule has 0 amide bonds. The number of fused-ring (bicyclic) bond motifs is 1. The summed E-state index contributed by atoms with van der Waals surface area (Å²) in [4.78, 5) is 0. The van der Waals surface area contributed by atoms with Crippen molar-refractivity contribution in [3.63, 3.8) is 0 Å². The fourth-order valence-corrected chi connectivity index (χ4v) is 3.73. The van der Waals surface area contributed by atoms with Crippen molar-refractivity contribution < 1.29 is 25.8 Å². The van der Waals surface area contributed by atoms with E-state index in [0.29, 0.717) is 5.39 Å². The topological polar surface area (TPSA) is 43.4 Å². The van der Waals surface area contributed by atoms with E-state index in [-0.39, 0.29) is 11.7 Å². The first-order chi connectivity index (χ1) is 11.3. The molecule has 1 aliphatic carbocycles. The molecule has 0 spiro atoms. The molecule has 0 aliphatic heterocycles. The Morgan fingerprint density at radius 2 is 1.67 bits per heavy atom. The minimum absolute atomic E-state index is 0.209. The van der Waals surface area contributed by atoms with Crippen LogP contribution < -0.4 is 4.18 Å². The van der Waals surface area contributed by atoms with Gasteiger partial charge in [-0.2, -0.15) is 21.6 Å². The molecule has 0 saturated heterocycles. The first kappa shape index (κ1) is 17.1. The summed E-state index contributed by atoms with van der Waals surface area (Å²) in [7, 11) is -5.67. The molecule has 7 heteroatoms. The molecule has 0 radical (unpaired) electrons. The van der Waals surface area contributed by atoms with Gasteiger partial charge in [0.05, 0.1) is 0 Å². The highest BCUT2D eigenvalue weighted by Crippen LogP contribution is 2.39. The molecule has 1 fully saturated rings. The Bertz CT molecular complexity index is 838. The zero-order valence-electron chi connectivity index (χ0n) is 12.8. The molecule has 1 aliphatic rings. The normalized spacial score (nSPS) is 17.1. The van der Waals surface area contributed by atoms with Crippen LogP contribution in [0.2, 0.25) is 0 Å². The Balaban J connectivity index is 2.07. The third-order valence-corrected chi connectivity index (χ3v) is 5.38. The van der Waals surface area contributed by atoms with Crippen LogP contribution in [0.1, 0.15) is 43.6 Å². The molecule has 0 heterocycles. The predicted molar refractivity (Wildman–Crippen MR) is 85.4 cm³/mol. The second kappa shape index (κ2) is 6.27. The lowest BCUT2D eigenvalue weighted by Gasteiger charge is -2.24. The van der Waals surface area contributed by atoms with Gasteiger partial charge in [-0.3, -0.25) is 0 Å². The summed E-state index contributed by atoms with van der Waals surface area (Å²) >= 11 is 0. The molecule has 0 bridgehead atoms. The largest absolute Gasteiger partial charge is 0.534 e. The lowest BCUT2D eigenvalue weighted by Crippen LogP contribution is -2.28. The van der Waals surface area contributed by atoms with Crippen LogP contribution in [-0.4, -0.2) is 13.9 Å². The fourth-order valence-electron chi connectivity index (χ4n) is 3.29. The molecule has 130 valence electrons. The number of rotatable bonds is 3. The summed E-state index contributed by atoms with van der Waals surface area (Å²) in [6, 6.07) is 10.1. The van der Waals surface area contributed by atoms with E-state index in [4.69, 9.17) is 0 Å². The van der Waals surface area contributed by atoms with Gasteiger partial charge in [0.1, 0.15) is 5.75 Å². The van der Waals surface area contributed by atoms with E-state index in [0.717, 1.165) is 43.1 Å². The number of hydrogen-bond donors (Lipinski definition) is 0. The van der Waals surface area contributed by atoms with Crippen molar-refractivity contribution in [2.24, 2.45) is 0 Å². The highest BCUT2D eigenvalue weighted by molar-refractivity contribution is 7.88. The molecule has 0 N–H and O–H groups in total. The Morgan fingerprint density at radius 3 is 2.33 bits per heavy atom. The van der Waals surface area contributed by atoms with Gasteiger partial charge in [0, 0.05) is 0 Å². The van der Waals surface area contributed by atoms with Gasteiger partial charge in [0.2, 0.25) is 0 Å². The number of hydrogen-bond acceptors (Lipinski definition) is 3. The van der Waals surface area contributed by atoms with Crippen molar-refractivity contribution in [1.29, 1.82) is 0 Å². The Labute approximate surface area is 138 Å². The molecular formula is C17H17F3O3S. The summed E-state index contributed by atoms with van der Waals surface area (Å²) in [6.45, 7) is 0. The molecule has 0 unspecified atom stereocenters. The average molecular weight is 358 g/mol. The second-order valence-corrected chi connectivity index (χ2v) is 7.59. The molecule has 24 heavy (non-hydrogen) atoms. The highest BCUT2D eigenvalue weighted by Gasteiger charge is 2.48. The smallest absolute Gasteiger partial charge is 0.376 e. The maximum atomic E-state index is 12.6. The standard InChI is InChI=1S/C17H17F3O3S/c18-17(19,20)24(21,22)23-14-10-13-8-4-5-9-15(13)16(11-14)12-6-2-1-3-7-12/h4-5,8-12H,1-3,6-7H2. The van der Waals surface area contributed by atoms with E-state index in [1.165, 1.54) is 12.1 Å². The van der Waals surface area contributed by atoms with Crippen molar-refractivity contribution >= 4 is 20.9 Å². The molecule has 1 saturated carbocycles. The van der Waals surface area contributed by atoms with Crippen molar-refractivity contribution in [3.8, 4) is 5.75 Å². The number of alkyl halides is 3. The summed E-state index contributed by atoms with van der Waals surface area (Å²) in [5.74, 6) is -0.0765. The molecular weight excluding hydrogens is 341 g/mol. The van der Waals surface area contributed by atoms with E-state index in [1.807, 2.05) is 12.1 Å². The molecule has 2 aromatic carbocycles. The van der Waals surface area contributed by atoms with Crippen LogP contribution >= 0.6 is 0 Å². The molecule has 0 atom stereocenters. The van der Waals surface area contributed by atoms with Gasteiger partial charge in [-0.1, -0.05) is 43.5 Å². The van der Waals surface area contributed by atoms with E-state index < -0.39 is 15.6 Å². The predicted octanol–water partition coefficient (Wildman–Crippen LogP) is 5.12. The van der Waals surface area contributed by atoms with Gasteiger partial charge in [-0.25, -0.2) is 0 Å². The van der Waals surface area contributed by atoms with Gasteiger partial charge in [-0.15, -0.1) is 0 Å². The lowest BCUT2D eigenvalue weighted by atomic mass is 9.82. The van der Waals surface area contributed by atoms with Gasteiger partial charge >= 0.3 is 15.6 Å². The van der Waals surface area contributed by atoms with Crippen LogP contribution in [0.3, 0.4) is 0 Å². The number of halogens is 3. The van der Waals surface area contributed by atoms with Crippen LogP contribution in [0.15, 0.2) is 36.4 Å². The van der Waals surface area contributed by atoms with Crippen LogP contribution in [0.25, 0.3) is 10.8 Å². The minimum Gasteiger partial charge on any atom is -0.376 e. The second-order valence-electron chi connectivity index (χ2n) is 6.05. The van der Waals surface area contributed by atoms with Crippen LogP contribution in [0, 0.1) is 0 Å². The first-order valence-corrected chi connectivity index (χ1v) is 9.22. The van der Waals surface area contributed by atoms with Crippen LogP contribution in [0.5, 0.6) is 5.75 Å². The summed E-state index contributed by atoms with van der Waals surface area (Å²) < 4.78 is 64.7. The fraction of sp³-hybridized carbons (Fsp3) is 0.412. The zero-order chi connectivity index (χ0) is 17.4. The maximum Gasteiger partial charge on any atom is 0.534 e. The van der Waals surface area contributed by atoms with E-state index in [1.54, 1.807) is 12.1 Å². The van der Waals surface area contributed by atoms with Crippen LogP contribution in [-0.2, 0) is 10.1 Å². The first-order valence-electron chi connectivity index (χ1n) is 7.81. The van der Waals surface area contributed by atoms with Crippen molar-refractivity contribution in [2.45, 2.75) is 43.5 Å². The highest BCUT2D eigenvalue weighted by atomic mass is 32.2. The van der Waals surface area contributed by atoms with E-state index >= 15 is 0 Å². The lowest BCUT2D eigenvalue weighted by molar-refractivity contribution is -0.0500. The van der Waals surface area contributed by atoms with Gasteiger partial charge < -0.3 is 4.18 Å². The maximum absolute atomic E-state index is 12.6. The van der Waals surface area contributed by atoms with Crippen LogP contribution in [0.4, 0.5) is 13.2 Å². The van der Waals surface area contributed by atoms with Crippen molar-refractivity contribution in [2.75, 3.05) is 0 Å². The molecule has 3 nitrogen and oxygen atoms in total. The Morgan fingerprint density at radius 1 is 1.00 bits per heavy atom. The van der Waals surface area contributed by atoms with E-state index in [2.05, 4.69) is 4.18 Å². The number of benzene rings is 2. The Hall–Kier alpha value is -1.76. The SMILES string of the molecule is O=S(=O)(Oc1cc(C2CCCCC2)c2ccccc2c1)C(F)(F)F. The zero-order valence-corrected chi connectivity index (χ0v) is 13.7. The molecule has 3 rings (SSSR count). The molecule has 2 aromatic rings. The van der Waals surface area contributed by atoms with Gasteiger partial charge in [-0.05, 0) is 47.2 Å². The minimum atomic E-state index is -5.67. The quantitative estimate of drug-likeness (QED) is 0.565. The Kier molecular flexibility index (Phi) is 4.46. The monoisotopic (exact) mass is 358 g/mol. The summed E-state index contributed by atoms with van der Waals surface area (Å²) in [6.07, 6.45) is 5.15. The summed E-state index contributed by atoms with van der Waals surface area (Å²) in [5, 5.41) is 1.61. The van der Waals surface area contributed by atoms with Gasteiger partial charge in [0.15, 0.2) is 0 Å². The van der Waals surface area contributed by atoms with Crippen molar-refractivity contribution in [3.05, 3.63) is 42.0 Å². The molecule has 0 aromatic heterocycles. The summed E-state index contributed by atoms with van der Waals surface area (Å²) in [5.41, 5.74) is -4.58.